The highest BCUT2D eigenvalue weighted by Crippen LogP contribution is 2.35. The molecule has 7 nitrogen and oxygen atoms in total. The molecular formula is C21H22N4O3. The molecule has 144 valence electrons. The lowest BCUT2D eigenvalue weighted by Gasteiger charge is -2.32. The van der Waals surface area contributed by atoms with Crippen LogP contribution in [0, 0.1) is 6.92 Å². The number of rotatable bonds is 7. The van der Waals surface area contributed by atoms with Crippen molar-refractivity contribution in [3.63, 3.8) is 0 Å². The Balaban J connectivity index is 2.22. The third-order valence-corrected chi connectivity index (χ3v) is 4.74. The van der Waals surface area contributed by atoms with Crippen molar-refractivity contribution in [3.8, 4) is 5.75 Å². The van der Waals surface area contributed by atoms with Crippen molar-refractivity contribution < 1.29 is 9.90 Å². The zero-order valence-electron chi connectivity index (χ0n) is 15.8. The molecule has 0 aliphatic carbocycles. The molecule has 7 heteroatoms. The molecule has 0 radical (unpaired) electrons. The van der Waals surface area contributed by atoms with Gasteiger partial charge in [0.15, 0.2) is 5.75 Å². The van der Waals surface area contributed by atoms with E-state index in [-0.39, 0.29) is 17.7 Å². The van der Waals surface area contributed by atoms with E-state index in [2.05, 4.69) is 10.1 Å². The van der Waals surface area contributed by atoms with Crippen LogP contribution in [-0.2, 0) is 4.79 Å². The SMILES string of the molecule is Cc1c(O)c(=O)cnn1[C@@H](CN(C)C=O)[C@@H](c1ccccc1)c1ccccn1. The molecule has 0 saturated carbocycles. The number of nitrogens with zero attached hydrogens (tertiary/aromatic N) is 4. The highest BCUT2D eigenvalue weighted by atomic mass is 16.3. The summed E-state index contributed by atoms with van der Waals surface area (Å²) < 4.78 is 1.60. The van der Waals surface area contributed by atoms with E-state index in [1.54, 1.807) is 24.9 Å². The highest BCUT2D eigenvalue weighted by molar-refractivity contribution is 5.46. The van der Waals surface area contributed by atoms with Crippen molar-refractivity contribution in [3.05, 3.63) is 88.1 Å². The Bertz CT molecular complexity index is 950. The molecule has 0 bridgehead atoms. The van der Waals surface area contributed by atoms with Crippen LogP contribution >= 0.6 is 0 Å². The number of hydrogen-bond donors (Lipinski definition) is 1. The third-order valence-electron chi connectivity index (χ3n) is 4.74. The minimum Gasteiger partial charge on any atom is -0.503 e. The lowest BCUT2D eigenvalue weighted by Crippen LogP contribution is -2.34. The molecule has 0 fully saturated rings. The van der Waals surface area contributed by atoms with E-state index < -0.39 is 5.43 Å². The molecule has 1 N–H and O–H groups in total. The van der Waals surface area contributed by atoms with Crippen molar-refractivity contribution in [1.82, 2.24) is 19.7 Å². The van der Waals surface area contributed by atoms with Gasteiger partial charge in [0.05, 0.1) is 29.5 Å². The maximum Gasteiger partial charge on any atom is 0.241 e. The Morgan fingerprint density at radius 2 is 1.89 bits per heavy atom. The van der Waals surface area contributed by atoms with Crippen molar-refractivity contribution in [2.75, 3.05) is 13.6 Å². The molecule has 28 heavy (non-hydrogen) atoms. The smallest absolute Gasteiger partial charge is 0.241 e. The summed E-state index contributed by atoms with van der Waals surface area (Å²) in [6.45, 7) is 1.95. The van der Waals surface area contributed by atoms with Crippen LogP contribution in [0.2, 0.25) is 0 Å². The maximum absolute atomic E-state index is 11.8. The zero-order chi connectivity index (χ0) is 20.1. The van der Waals surface area contributed by atoms with Gasteiger partial charge in [0, 0.05) is 19.8 Å². The topological polar surface area (TPSA) is 88.3 Å². The molecule has 0 aliphatic rings. The highest BCUT2D eigenvalue weighted by Gasteiger charge is 2.30. The van der Waals surface area contributed by atoms with Gasteiger partial charge in [-0.2, -0.15) is 5.10 Å². The van der Waals surface area contributed by atoms with Crippen molar-refractivity contribution >= 4 is 6.41 Å². The number of carbonyl (C=O) groups is 1. The number of pyridine rings is 1. The quantitative estimate of drug-likeness (QED) is 0.636. The monoisotopic (exact) mass is 378 g/mol. The van der Waals surface area contributed by atoms with Crippen LogP contribution in [0.4, 0.5) is 0 Å². The standard InChI is InChI=1S/C21H22N4O3/c1-15-21(28)19(27)12-23-25(15)18(13-24(2)14-26)20(16-8-4-3-5-9-16)17-10-6-7-11-22-17/h3-12,14,18,20,28H,13H2,1-2H3/t18-,20-/m0/s1. The van der Waals surface area contributed by atoms with Gasteiger partial charge in [-0.05, 0) is 24.6 Å². The van der Waals surface area contributed by atoms with E-state index in [1.165, 1.54) is 4.90 Å². The Kier molecular flexibility index (Phi) is 5.84. The Hall–Kier alpha value is -3.48. The van der Waals surface area contributed by atoms with Crippen LogP contribution in [0.3, 0.4) is 0 Å². The normalized spacial score (nSPS) is 12.9. The zero-order valence-corrected chi connectivity index (χ0v) is 15.8. The van der Waals surface area contributed by atoms with Crippen LogP contribution in [0.25, 0.3) is 0 Å². The largest absolute Gasteiger partial charge is 0.503 e. The third kappa shape index (κ3) is 3.93. The molecule has 1 aromatic carbocycles. The van der Waals surface area contributed by atoms with Gasteiger partial charge < -0.3 is 10.0 Å². The minimum atomic E-state index is -0.537. The number of aromatic hydroxyl groups is 1. The van der Waals surface area contributed by atoms with E-state index >= 15 is 0 Å². The van der Waals surface area contributed by atoms with E-state index in [1.807, 2.05) is 48.5 Å². The first-order valence-electron chi connectivity index (χ1n) is 8.91. The van der Waals surface area contributed by atoms with Crippen LogP contribution in [0.1, 0.15) is 28.9 Å². The average Bonchev–Trinajstić information content (AvgIpc) is 2.73. The Labute approximate surface area is 162 Å². The number of aromatic nitrogens is 3. The predicted molar refractivity (Wildman–Crippen MR) is 105 cm³/mol. The maximum atomic E-state index is 11.8. The molecule has 0 saturated heterocycles. The van der Waals surface area contributed by atoms with E-state index in [0.717, 1.165) is 23.9 Å². The van der Waals surface area contributed by atoms with Gasteiger partial charge in [0.2, 0.25) is 11.8 Å². The second kappa shape index (κ2) is 8.47. The van der Waals surface area contributed by atoms with Crippen molar-refractivity contribution in [1.29, 1.82) is 0 Å². The summed E-state index contributed by atoms with van der Waals surface area (Å²) in [7, 11) is 1.68. The summed E-state index contributed by atoms with van der Waals surface area (Å²) in [5.74, 6) is -0.598. The molecule has 2 atom stereocenters. The van der Waals surface area contributed by atoms with Crippen LogP contribution < -0.4 is 5.43 Å². The lowest BCUT2D eigenvalue weighted by molar-refractivity contribution is -0.117. The molecule has 0 unspecified atom stereocenters. The van der Waals surface area contributed by atoms with Crippen molar-refractivity contribution in [2.45, 2.75) is 18.9 Å². The fourth-order valence-electron chi connectivity index (χ4n) is 3.36. The van der Waals surface area contributed by atoms with Gasteiger partial charge in [-0.1, -0.05) is 36.4 Å². The average molecular weight is 378 g/mol. The number of benzene rings is 1. The first kappa shape index (κ1) is 19.3. The van der Waals surface area contributed by atoms with Gasteiger partial charge in [-0.3, -0.25) is 19.3 Å². The molecule has 0 spiro atoms. The molecule has 3 rings (SSSR count). The molecule has 1 amide bonds. The number of hydrogen-bond acceptors (Lipinski definition) is 5. The van der Waals surface area contributed by atoms with Crippen LogP contribution in [0.15, 0.2) is 65.7 Å². The van der Waals surface area contributed by atoms with Crippen LogP contribution in [-0.4, -0.2) is 44.8 Å². The van der Waals surface area contributed by atoms with E-state index in [0.29, 0.717) is 12.2 Å². The summed E-state index contributed by atoms with van der Waals surface area (Å²) >= 11 is 0. The van der Waals surface area contributed by atoms with Gasteiger partial charge in [-0.15, -0.1) is 0 Å². The molecular weight excluding hydrogens is 356 g/mol. The number of carbonyl (C=O) groups excluding carboxylic acids is 1. The molecule has 2 heterocycles. The summed E-state index contributed by atoms with van der Waals surface area (Å²) in [5.41, 5.74) is 1.60. The van der Waals surface area contributed by atoms with Crippen LogP contribution in [0.5, 0.6) is 5.75 Å². The fraction of sp³-hybridized carbons (Fsp3) is 0.238. The molecule has 3 aromatic rings. The second-order valence-corrected chi connectivity index (χ2v) is 6.64. The lowest BCUT2D eigenvalue weighted by atomic mass is 9.87. The second-order valence-electron chi connectivity index (χ2n) is 6.64. The minimum absolute atomic E-state index is 0.252. The summed E-state index contributed by atoms with van der Waals surface area (Å²) in [5, 5.41) is 14.5. The predicted octanol–water partition coefficient (Wildman–Crippen LogP) is 2.11. The molecule has 0 aliphatic heterocycles. The Morgan fingerprint density at radius 1 is 1.18 bits per heavy atom. The number of likely N-dealkylation sites (N-methyl/N-ethyl adjacent to an activating group) is 1. The van der Waals surface area contributed by atoms with E-state index in [9.17, 15) is 14.7 Å². The first-order valence-corrected chi connectivity index (χ1v) is 8.91. The first-order chi connectivity index (χ1) is 13.5. The Morgan fingerprint density at radius 3 is 2.54 bits per heavy atom. The van der Waals surface area contributed by atoms with Gasteiger partial charge in [-0.25, -0.2) is 0 Å². The summed E-state index contributed by atoms with van der Waals surface area (Å²) in [4.78, 5) is 29.2. The number of amides is 1. The summed E-state index contributed by atoms with van der Waals surface area (Å²) in [6.07, 6.45) is 3.55. The van der Waals surface area contributed by atoms with Gasteiger partial charge in [0.25, 0.3) is 0 Å². The van der Waals surface area contributed by atoms with E-state index in [4.69, 9.17) is 0 Å². The van der Waals surface area contributed by atoms with Gasteiger partial charge in [0.1, 0.15) is 0 Å². The fourth-order valence-corrected chi connectivity index (χ4v) is 3.36. The summed E-state index contributed by atoms with van der Waals surface area (Å²) in [6, 6.07) is 15.1. The molecule has 2 aromatic heterocycles. The van der Waals surface area contributed by atoms with Crippen molar-refractivity contribution in [2.24, 2.45) is 0 Å². The van der Waals surface area contributed by atoms with Gasteiger partial charge >= 0.3 is 0 Å².